The van der Waals surface area contributed by atoms with Gasteiger partial charge in [-0.2, -0.15) is 0 Å². The Labute approximate surface area is 85.8 Å². The van der Waals surface area contributed by atoms with Gasteiger partial charge in [-0.05, 0) is 0 Å². The summed E-state index contributed by atoms with van der Waals surface area (Å²) in [4.78, 5) is 0. The van der Waals surface area contributed by atoms with Crippen molar-refractivity contribution < 1.29 is 86.9 Å². The van der Waals surface area contributed by atoms with Gasteiger partial charge in [-0.15, -0.1) is 0 Å². The molecule has 0 unspecified atom stereocenters. The molecule has 0 aromatic carbocycles. The van der Waals surface area contributed by atoms with Crippen LogP contribution in [-0.2, 0) is 86.9 Å². The summed E-state index contributed by atoms with van der Waals surface area (Å²) in [7, 11) is 0. The molecule has 0 aliphatic heterocycles. The standard InChI is InChI=1S/Co.Fe.Mn.Ni.Zn/q5*+2. The summed E-state index contributed by atoms with van der Waals surface area (Å²) in [5.41, 5.74) is 0. The number of hydrogen-bond donors (Lipinski definition) is 0. The van der Waals surface area contributed by atoms with Gasteiger partial charge in [0.2, 0.25) is 0 Å². The average Bonchev–Trinajstić information content (AvgIpc) is 0. The molecule has 0 spiro atoms. The van der Waals surface area contributed by atoms with Crippen LogP contribution in [-0.4, -0.2) is 0 Å². The number of hydrogen-bond acceptors (Lipinski definition) is 0. The Morgan fingerprint density at radius 1 is 1.00 bits per heavy atom. The zero-order chi connectivity index (χ0) is 0. The van der Waals surface area contributed by atoms with Crippen molar-refractivity contribution in [3.63, 3.8) is 0 Å². The summed E-state index contributed by atoms with van der Waals surface area (Å²) in [6.07, 6.45) is 0. The van der Waals surface area contributed by atoms with Crippen LogP contribution in [0.15, 0.2) is 0 Å². The van der Waals surface area contributed by atoms with E-state index in [1.807, 2.05) is 0 Å². The Balaban J connectivity index is 0. The summed E-state index contributed by atoms with van der Waals surface area (Å²) in [6.45, 7) is 0. The van der Waals surface area contributed by atoms with Crippen LogP contribution < -0.4 is 0 Å². The van der Waals surface area contributed by atoms with Crippen molar-refractivity contribution in [2.24, 2.45) is 0 Å². The van der Waals surface area contributed by atoms with E-state index < -0.39 is 0 Å². The number of rotatable bonds is 0. The first-order chi connectivity index (χ1) is 0. The normalized spacial score (nSPS) is 0. The predicted octanol–water partition coefficient (Wildman–Crippen LogP) is -0.0125. The van der Waals surface area contributed by atoms with E-state index in [9.17, 15) is 0 Å². The van der Waals surface area contributed by atoms with Gasteiger partial charge >= 0.3 is 86.9 Å². The maximum atomic E-state index is 0. The van der Waals surface area contributed by atoms with E-state index in [4.69, 9.17) is 0 Å². The molecule has 0 rings (SSSR count). The average molecular weight is 294 g/mol. The van der Waals surface area contributed by atoms with E-state index in [1.165, 1.54) is 0 Å². The third-order valence-corrected chi connectivity index (χ3v) is 0. The van der Waals surface area contributed by atoms with Crippen LogP contribution in [0.1, 0.15) is 0 Å². The molecular weight excluding hydrogens is 294 g/mol. The summed E-state index contributed by atoms with van der Waals surface area (Å²) in [5, 5.41) is 0. The first-order valence-corrected chi connectivity index (χ1v) is 0. The summed E-state index contributed by atoms with van der Waals surface area (Å²) in [5.74, 6) is 0. The minimum Gasteiger partial charge on any atom is 2.00 e. The third-order valence-electron chi connectivity index (χ3n) is 0. The van der Waals surface area contributed by atoms with Crippen molar-refractivity contribution in [3.05, 3.63) is 0 Å². The molecule has 0 aromatic heterocycles. The molecule has 5 heavy (non-hydrogen) atoms. The first kappa shape index (κ1) is 48.0. The molecule has 0 aliphatic rings. The molecule has 0 fully saturated rings. The van der Waals surface area contributed by atoms with Crippen molar-refractivity contribution in [1.29, 1.82) is 0 Å². The zero-order valence-electron chi connectivity index (χ0n) is 2.09. The van der Waals surface area contributed by atoms with Crippen LogP contribution in [0.25, 0.3) is 0 Å². The van der Waals surface area contributed by atoms with Gasteiger partial charge in [-0.25, -0.2) is 0 Å². The molecule has 0 saturated carbocycles. The van der Waals surface area contributed by atoms with Gasteiger partial charge < -0.3 is 0 Å². The molecule has 26 valence electrons. The van der Waals surface area contributed by atoms with Gasteiger partial charge in [0.05, 0.1) is 0 Å². The fraction of sp³-hybridized carbons (Fsp3) is 0. The SMILES string of the molecule is [Co+2].[Fe+2].[Mn+2].[Ni+2].[Zn+2]. The van der Waals surface area contributed by atoms with Gasteiger partial charge in [0.1, 0.15) is 0 Å². The van der Waals surface area contributed by atoms with Crippen LogP contribution in [0.5, 0.6) is 0 Å². The Morgan fingerprint density at radius 2 is 1.00 bits per heavy atom. The van der Waals surface area contributed by atoms with Crippen molar-refractivity contribution in [3.8, 4) is 0 Å². The Hall–Kier alpha value is 2.66. The molecule has 0 aromatic rings. The van der Waals surface area contributed by atoms with Gasteiger partial charge in [-0.3, -0.25) is 0 Å². The van der Waals surface area contributed by atoms with Crippen molar-refractivity contribution in [1.82, 2.24) is 0 Å². The fourth-order valence-electron chi connectivity index (χ4n) is 0. The molecule has 0 heterocycles. The van der Waals surface area contributed by atoms with E-state index in [0.717, 1.165) is 0 Å². The monoisotopic (exact) mass is 292 g/mol. The molecule has 0 saturated heterocycles. The van der Waals surface area contributed by atoms with Crippen molar-refractivity contribution >= 4 is 0 Å². The van der Waals surface area contributed by atoms with Gasteiger partial charge in [0.25, 0.3) is 0 Å². The van der Waals surface area contributed by atoms with Crippen molar-refractivity contribution in [2.45, 2.75) is 0 Å². The Bertz CT molecular complexity index is 11.6. The molecule has 0 atom stereocenters. The first-order valence-electron chi connectivity index (χ1n) is 0. The molecule has 0 N–H and O–H groups in total. The van der Waals surface area contributed by atoms with Crippen LogP contribution >= 0.6 is 0 Å². The van der Waals surface area contributed by atoms with Crippen LogP contribution in [0.4, 0.5) is 0 Å². The summed E-state index contributed by atoms with van der Waals surface area (Å²) >= 11 is 0. The second-order valence-electron chi connectivity index (χ2n) is 0. The minimum absolute atomic E-state index is 0. The second kappa shape index (κ2) is 30.1. The fourth-order valence-corrected chi connectivity index (χ4v) is 0. The van der Waals surface area contributed by atoms with Crippen LogP contribution in [0.2, 0.25) is 0 Å². The second-order valence-corrected chi connectivity index (χ2v) is 0. The Kier molecular flexibility index (Phi) is 289. The molecule has 0 aliphatic carbocycles. The predicted molar refractivity (Wildman–Crippen MR) is 0 cm³/mol. The molecule has 0 nitrogen and oxygen atoms in total. The topological polar surface area (TPSA) is 0 Å². The van der Waals surface area contributed by atoms with E-state index in [1.54, 1.807) is 0 Å². The van der Waals surface area contributed by atoms with E-state index >= 15 is 0 Å². The van der Waals surface area contributed by atoms with Gasteiger partial charge in [-0.1, -0.05) is 0 Å². The van der Waals surface area contributed by atoms with Crippen molar-refractivity contribution in [2.75, 3.05) is 0 Å². The largest absolute Gasteiger partial charge is 2.00 e. The van der Waals surface area contributed by atoms with E-state index in [2.05, 4.69) is 0 Å². The molecule has 0 amide bonds. The van der Waals surface area contributed by atoms with Crippen LogP contribution in [0, 0.1) is 0 Å². The molecule has 5 heteroatoms. The maximum Gasteiger partial charge on any atom is 2.00 e. The minimum atomic E-state index is 0. The van der Waals surface area contributed by atoms with Gasteiger partial charge in [0, 0.05) is 0 Å². The summed E-state index contributed by atoms with van der Waals surface area (Å²) < 4.78 is 0. The third kappa shape index (κ3) is 20.4. The van der Waals surface area contributed by atoms with Gasteiger partial charge in [0.15, 0.2) is 0 Å². The molecule has 2 radical (unpaired) electrons. The Morgan fingerprint density at radius 3 is 1.00 bits per heavy atom. The zero-order valence-corrected chi connectivity index (χ0v) is 9.37. The van der Waals surface area contributed by atoms with E-state index in [-0.39, 0.29) is 86.9 Å². The van der Waals surface area contributed by atoms with Crippen LogP contribution in [0.3, 0.4) is 0 Å². The maximum absolute atomic E-state index is 0. The van der Waals surface area contributed by atoms with E-state index in [0.29, 0.717) is 0 Å². The molecule has 0 bridgehead atoms. The smallest absolute Gasteiger partial charge is 2.00 e. The quantitative estimate of drug-likeness (QED) is 0.551. The molecular formula is CoFeMnNiZn+10. The summed E-state index contributed by atoms with van der Waals surface area (Å²) in [6, 6.07) is 0.